The predicted molar refractivity (Wildman–Crippen MR) is 64.7 cm³/mol. The van der Waals surface area contributed by atoms with Crippen LogP contribution >= 0.6 is 0 Å². The van der Waals surface area contributed by atoms with Crippen molar-refractivity contribution >= 4 is 0 Å². The highest BCUT2D eigenvalue weighted by Crippen LogP contribution is 2.34. The fourth-order valence-electron chi connectivity index (χ4n) is 2.61. The highest BCUT2D eigenvalue weighted by Gasteiger charge is 2.31. The summed E-state index contributed by atoms with van der Waals surface area (Å²) in [6.45, 7) is 0.705. The molecule has 0 saturated heterocycles. The maximum Gasteiger partial charge on any atom is 0.416 e. The molecule has 0 radical (unpaired) electrons. The first-order valence-electron chi connectivity index (χ1n) is 6.20. The molecule has 0 N–H and O–H groups in total. The molecule has 1 atom stereocenters. The Hall–Kier alpha value is -1.78. The molecule has 2 nitrogen and oxygen atoms in total. The number of rotatable bonds is 1. The van der Waals surface area contributed by atoms with Crippen LogP contribution in [0.4, 0.5) is 13.2 Å². The first-order chi connectivity index (χ1) is 9.04. The van der Waals surface area contributed by atoms with E-state index in [1.807, 2.05) is 10.8 Å². The molecule has 100 valence electrons. The molecule has 19 heavy (non-hydrogen) atoms. The molecule has 0 bridgehead atoms. The van der Waals surface area contributed by atoms with E-state index in [0.717, 1.165) is 30.2 Å². The maximum atomic E-state index is 12.7. The number of hydrogen-bond donors (Lipinski definition) is 0. The molecule has 1 aromatic carbocycles. The van der Waals surface area contributed by atoms with Gasteiger partial charge in [0.2, 0.25) is 0 Å². The molecule has 0 saturated carbocycles. The SMILES string of the molecule is FC(F)(F)c1cccc(C2CCc3cncn3C2)c1. The fourth-order valence-corrected chi connectivity index (χ4v) is 2.61. The van der Waals surface area contributed by atoms with Gasteiger partial charge in [0.25, 0.3) is 0 Å². The van der Waals surface area contributed by atoms with Gasteiger partial charge >= 0.3 is 6.18 Å². The minimum absolute atomic E-state index is 0.129. The van der Waals surface area contributed by atoms with Crippen LogP contribution in [0, 0.1) is 0 Å². The predicted octanol–water partition coefficient (Wildman–Crippen LogP) is 3.63. The largest absolute Gasteiger partial charge is 0.416 e. The molecular weight excluding hydrogens is 253 g/mol. The number of benzene rings is 1. The lowest BCUT2D eigenvalue weighted by atomic mass is 9.90. The maximum absolute atomic E-state index is 12.7. The Balaban J connectivity index is 1.88. The van der Waals surface area contributed by atoms with Gasteiger partial charge < -0.3 is 4.57 Å². The van der Waals surface area contributed by atoms with E-state index in [9.17, 15) is 13.2 Å². The Labute approximate surface area is 108 Å². The molecule has 0 fully saturated rings. The third kappa shape index (κ3) is 2.37. The second kappa shape index (κ2) is 4.40. The van der Waals surface area contributed by atoms with Gasteiger partial charge in [0, 0.05) is 24.4 Å². The molecule has 1 aliphatic heterocycles. The average molecular weight is 266 g/mol. The van der Waals surface area contributed by atoms with Gasteiger partial charge in [-0.25, -0.2) is 4.98 Å². The van der Waals surface area contributed by atoms with Crippen LogP contribution in [0.25, 0.3) is 0 Å². The van der Waals surface area contributed by atoms with Gasteiger partial charge in [0.15, 0.2) is 0 Å². The highest BCUT2D eigenvalue weighted by atomic mass is 19.4. The molecular formula is C14H13F3N2. The zero-order chi connectivity index (χ0) is 13.5. The Morgan fingerprint density at radius 2 is 2.11 bits per heavy atom. The molecule has 1 aromatic heterocycles. The number of aryl methyl sites for hydroxylation is 1. The van der Waals surface area contributed by atoms with Crippen molar-refractivity contribution in [2.24, 2.45) is 0 Å². The van der Waals surface area contributed by atoms with E-state index in [1.165, 1.54) is 12.1 Å². The number of nitrogens with zero attached hydrogens (tertiary/aromatic N) is 2. The van der Waals surface area contributed by atoms with Crippen molar-refractivity contribution in [1.29, 1.82) is 0 Å². The van der Waals surface area contributed by atoms with E-state index in [4.69, 9.17) is 0 Å². The lowest BCUT2D eigenvalue weighted by Gasteiger charge is -2.25. The van der Waals surface area contributed by atoms with Crippen molar-refractivity contribution in [3.63, 3.8) is 0 Å². The third-order valence-electron chi connectivity index (χ3n) is 3.65. The van der Waals surface area contributed by atoms with Crippen molar-refractivity contribution in [3.8, 4) is 0 Å². The van der Waals surface area contributed by atoms with Crippen LogP contribution in [0.15, 0.2) is 36.8 Å². The molecule has 0 amide bonds. The van der Waals surface area contributed by atoms with Gasteiger partial charge in [-0.1, -0.05) is 18.2 Å². The minimum Gasteiger partial charge on any atom is -0.334 e. The summed E-state index contributed by atoms with van der Waals surface area (Å²) >= 11 is 0. The zero-order valence-electron chi connectivity index (χ0n) is 10.2. The Morgan fingerprint density at radius 1 is 1.26 bits per heavy atom. The molecule has 2 aromatic rings. The van der Waals surface area contributed by atoms with Crippen LogP contribution in [-0.2, 0) is 19.1 Å². The quantitative estimate of drug-likeness (QED) is 0.770. The Bertz CT molecular complexity index is 586. The van der Waals surface area contributed by atoms with Gasteiger partial charge in [-0.05, 0) is 24.5 Å². The van der Waals surface area contributed by atoms with Gasteiger partial charge in [0.1, 0.15) is 0 Å². The van der Waals surface area contributed by atoms with Crippen LogP contribution in [0.5, 0.6) is 0 Å². The first-order valence-corrected chi connectivity index (χ1v) is 6.20. The lowest BCUT2D eigenvalue weighted by Crippen LogP contribution is -2.18. The van der Waals surface area contributed by atoms with Crippen LogP contribution in [0.2, 0.25) is 0 Å². The molecule has 3 rings (SSSR count). The lowest BCUT2D eigenvalue weighted by molar-refractivity contribution is -0.137. The first kappa shape index (κ1) is 12.3. The molecule has 1 aliphatic rings. The van der Waals surface area contributed by atoms with Crippen LogP contribution in [-0.4, -0.2) is 9.55 Å². The molecule has 2 heterocycles. The molecule has 1 unspecified atom stereocenters. The number of hydrogen-bond acceptors (Lipinski definition) is 1. The van der Waals surface area contributed by atoms with Gasteiger partial charge in [-0.2, -0.15) is 13.2 Å². The number of alkyl halides is 3. The second-order valence-electron chi connectivity index (χ2n) is 4.90. The summed E-state index contributed by atoms with van der Waals surface area (Å²) < 4.78 is 40.2. The summed E-state index contributed by atoms with van der Waals surface area (Å²) in [5, 5.41) is 0. The number of aromatic nitrogens is 2. The van der Waals surface area contributed by atoms with Crippen molar-refractivity contribution < 1.29 is 13.2 Å². The summed E-state index contributed by atoms with van der Waals surface area (Å²) in [7, 11) is 0. The summed E-state index contributed by atoms with van der Waals surface area (Å²) in [5.74, 6) is 0.129. The molecule has 5 heteroatoms. The number of imidazole rings is 1. The van der Waals surface area contributed by atoms with Crippen molar-refractivity contribution in [2.45, 2.75) is 31.5 Å². The molecule has 0 spiro atoms. The number of halogens is 3. The fraction of sp³-hybridized carbons (Fsp3) is 0.357. The standard InChI is InChI=1S/C14H13F3N2/c15-14(16,17)12-3-1-2-10(6-12)11-4-5-13-7-18-9-19(13)8-11/h1-3,6-7,9,11H,4-5,8H2. The summed E-state index contributed by atoms with van der Waals surface area (Å²) in [5.41, 5.74) is 1.35. The Morgan fingerprint density at radius 3 is 2.89 bits per heavy atom. The smallest absolute Gasteiger partial charge is 0.334 e. The van der Waals surface area contributed by atoms with E-state index >= 15 is 0 Å². The van der Waals surface area contributed by atoms with Crippen molar-refractivity contribution in [3.05, 3.63) is 53.6 Å². The van der Waals surface area contributed by atoms with E-state index in [-0.39, 0.29) is 5.92 Å². The Kier molecular flexibility index (Phi) is 2.84. The number of fused-ring (bicyclic) bond motifs is 1. The second-order valence-corrected chi connectivity index (χ2v) is 4.90. The zero-order valence-corrected chi connectivity index (χ0v) is 10.2. The van der Waals surface area contributed by atoms with E-state index < -0.39 is 11.7 Å². The monoisotopic (exact) mass is 266 g/mol. The van der Waals surface area contributed by atoms with E-state index in [2.05, 4.69) is 4.98 Å². The highest BCUT2D eigenvalue weighted by molar-refractivity contribution is 5.29. The van der Waals surface area contributed by atoms with Crippen LogP contribution in [0.3, 0.4) is 0 Å². The van der Waals surface area contributed by atoms with Crippen LogP contribution in [0.1, 0.15) is 29.2 Å². The minimum atomic E-state index is -4.27. The van der Waals surface area contributed by atoms with Crippen LogP contribution < -0.4 is 0 Å². The normalized spacial score (nSPS) is 19.2. The van der Waals surface area contributed by atoms with Gasteiger partial charge in [0.05, 0.1) is 11.9 Å². The topological polar surface area (TPSA) is 17.8 Å². The van der Waals surface area contributed by atoms with E-state index in [0.29, 0.717) is 6.54 Å². The van der Waals surface area contributed by atoms with E-state index in [1.54, 1.807) is 12.4 Å². The summed E-state index contributed by atoms with van der Waals surface area (Å²) in [6.07, 6.45) is 1.02. The average Bonchev–Trinajstić information content (AvgIpc) is 2.85. The van der Waals surface area contributed by atoms with Crippen molar-refractivity contribution in [2.75, 3.05) is 0 Å². The third-order valence-corrected chi connectivity index (χ3v) is 3.65. The van der Waals surface area contributed by atoms with Gasteiger partial charge in [-0.3, -0.25) is 0 Å². The van der Waals surface area contributed by atoms with Gasteiger partial charge in [-0.15, -0.1) is 0 Å². The van der Waals surface area contributed by atoms with Crippen molar-refractivity contribution in [1.82, 2.24) is 9.55 Å². The summed E-state index contributed by atoms with van der Waals surface area (Å²) in [4.78, 5) is 4.07. The molecule has 0 aliphatic carbocycles. The summed E-state index contributed by atoms with van der Waals surface area (Å²) in [6, 6.07) is 5.66.